The summed E-state index contributed by atoms with van der Waals surface area (Å²) < 4.78 is 6.84. The summed E-state index contributed by atoms with van der Waals surface area (Å²) in [6.07, 6.45) is 1.38. The predicted octanol–water partition coefficient (Wildman–Crippen LogP) is 3.47. The first-order valence-electron chi connectivity index (χ1n) is 6.96. The number of halogens is 1. The second-order valence-corrected chi connectivity index (χ2v) is 6.21. The van der Waals surface area contributed by atoms with Crippen molar-refractivity contribution in [3.8, 4) is 0 Å². The van der Waals surface area contributed by atoms with Gasteiger partial charge < -0.3 is 15.4 Å². The SMILES string of the molecule is CCC1COC(C)CN1c1ccc(C(C)N)c(Br)c1. The molecule has 3 nitrogen and oxygen atoms in total. The summed E-state index contributed by atoms with van der Waals surface area (Å²) in [6, 6.07) is 6.98. The van der Waals surface area contributed by atoms with E-state index in [-0.39, 0.29) is 12.1 Å². The van der Waals surface area contributed by atoms with Gasteiger partial charge in [-0.25, -0.2) is 0 Å². The van der Waals surface area contributed by atoms with Gasteiger partial charge in [0.05, 0.1) is 18.8 Å². The molecule has 19 heavy (non-hydrogen) atoms. The summed E-state index contributed by atoms with van der Waals surface area (Å²) >= 11 is 3.63. The molecular formula is C15H23BrN2O. The summed E-state index contributed by atoms with van der Waals surface area (Å²) in [5.41, 5.74) is 8.35. The molecule has 0 spiro atoms. The average Bonchev–Trinajstić information content (AvgIpc) is 2.38. The molecule has 0 aromatic heterocycles. The van der Waals surface area contributed by atoms with E-state index in [9.17, 15) is 0 Å². The molecule has 1 heterocycles. The summed E-state index contributed by atoms with van der Waals surface area (Å²) in [6.45, 7) is 8.10. The lowest BCUT2D eigenvalue weighted by Gasteiger charge is -2.40. The quantitative estimate of drug-likeness (QED) is 0.924. The molecule has 0 radical (unpaired) electrons. The third kappa shape index (κ3) is 3.30. The summed E-state index contributed by atoms with van der Waals surface area (Å²) in [4.78, 5) is 2.45. The molecule has 2 rings (SSSR count). The largest absolute Gasteiger partial charge is 0.375 e. The van der Waals surface area contributed by atoms with Crippen LogP contribution in [0.15, 0.2) is 22.7 Å². The summed E-state index contributed by atoms with van der Waals surface area (Å²) in [7, 11) is 0. The van der Waals surface area contributed by atoms with Gasteiger partial charge in [-0.1, -0.05) is 28.9 Å². The van der Waals surface area contributed by atoms with E-state index < -0.39 is 0 Å². The number of nitrogens with zero attached hydrogens (tertiary/aromatic N) is 1. The summed E-state index contributed by atoms with van der Waals surface area (Å²) in [5, 5.41) is 0. The van der Waals surface area contributed by atoms with Crippen LogP contribution in [0.4, 0.5) is 5.69 Å². The van der Waals surface area contributed by atoms with E-state index in [4.69, 9.17) is 10.5 Å². The van der Waals surface area contributed by atoms with Crippen molar-refractivity contribution in [2.75, 3.05) is 18.1 Å². The first kappa shape index (κ1) is 14.8. The van der Waals surface area contributed by atoms with Crippen molar-refractivity contribution < 1.29 is 4.74 Å². The van der Waals surface area contributed by atoms with E-state index in [1.807, 2.05) is 6.92 Å². The van der Waals surface area contributed by atoms with Gasteiger partial charge in [0.25, 0.3) is 0 Å². The predicted molar refractivity (Wildman–Crippen MR) is 83.6 cm³/mol. The molecule has 3 atom stereocenters. The Hall–Kier alpha value is -0.580. The van der Waals surface area contributed by atoms with Gasteiger partial charge in [0.1, 0.15) is 0 Å². The van der Waals surface area contributed by atoms with Crippen molar-refractivity contribution in [2.24, 2.45) is 5.73 Å². The third-order valence-corrected chi connectivity index (χ3v) is 4.43. The van der Waals surface area contributed by atoms with Crippen LogP contribution < -0.4 is 10.6 Å². The number of benzene rings is 1. The smallest absolute Gasteiger partial charge is 0.0723 e. The van der Waals surface area contributed by atoms with Crippen molar-refractivity contribution in [3.63, 3.8) is 0 Å². The van der Waals surface area contributed by atoms with Crippen molar-refractivity contribution in [3.05, 3.63) is 28.2 Å². The van der Waals surface area contributed by atoms with E-state index in [0.29, 0.717) is 6.04 Å². The zero-order valence-corrected chi connectivity index (χ0v) is 13.5. The van der Waals surface area contributed by atoms with Gasteiger partial charge in [0, 0.05) is 22.7 Å². The molecule has 3 unspecified atom stereocenters. The number of nitrogens with two attached hydrogens (primary N) is 1. The lowest BCUT2D eigenvalue weighted by atomic mass is 10.1. The van der Waals surface area contributed by atoms with Crippen molar-refractivity contribution in [1.82, 2.24) is 0 Å². The molecule has 1 saturated heterocycles. The van der Waals surface area contributed by atoms with E-state index >= 15 is 0 Å². The van der Waals surface area contributed by atoms with Gasteiger partial charge in [-0.2, -0.15) is 0 Å². The second kappa shape index (κ2) is 6.25. The van der Waals surface area contributed by atoms with Crippen molar-refractivity contribution in [2.45, 2.75) is 45.4 Å². The highest BCUT2D eigenvalue weighted by Gasteiger charge is 2.26. The molecule has 2 N–H and O–H groups in total. The van der Waals surface area contributed by atoms with Crippen LogP contribution >= 0.6 is 15.9 Å². The molecule has 0 aliphatic carbocycles. The van der Waals surface area contributed by atoms with Gasteiger partial charge in [0.15, 0.2) is 0 Å². The molecule has 0 saturated carbocycles. The van der Waals surface area contributed by atoms with Crippen LogP contribution in [0.25, 0.3) is 0 Å². The number of morpholine rings is 1. The first-order chi connectivity index (χ1) is 9.02. The molecule has 4 heteroatoms. The fourth-order valence-corrected chi connectivity index (χ4v) is 3.29. The topological polar surface area (TPSA) is 38.5 Å². The second-order valence-electron chi connectivity index (χ2n) is 5.35. The fraction of sp³-hybridized carbons (Fsp3) is 0.600. The van der Waals surface area contributed by atoms with E-state index in [1.54, 1.807) is 0 Å². The maximum Gasteiger partial charge on any atom is 0.0723 e. The molecule has 1 aromatic rings. The summed E-state index contributed by atoms with van der Waals surface area (Å²) in [5.74, 6) is 0. The van der Waals surface area contributed by atoms with E-state index in [2.05, 4.69) is 52.9 Å². The van der Waals surface area contributed by atoms with Gasteiger partial charge in [-0.05, 0) is 38.0 Å². The monoisotopic (exact) mass is 326 g/mol. The minimum atomic E-state index is 0.0500. The molecule has 1 aliphatic rings. The Morgan fingerprint density at radius 1 is 1.53 bits per heavy atom. The van der Waals surface area contributed by atoms with Crippen LogP contribution in [0.5, 0.6) is 0 Å². The normalized spacial score (nSPS) is 25.4. The van der Waals surface area contributed by atoms with Gasteiger partial charge >= 0.3 is 0 Å². The number of hydrogen-bond donors (Lipinski definition) is 1. The molecule has 0 amide bonds. The fourth-order valence-electron chi connectivity index (χ4n) is 2.56. The van der Waals surface area contributed by atoms with Gasteiger partial charge in [0.2, 0.25) is 0 Å². The third-order valence-electron chi connectivity index (χ3n) is 3.75. The lowest BCUT2D eigenvalue weighted by molar-refractivity contribution is 0.0299. The molecule has 1 fully saturated rings. The Morgan fingerprint density at radius 3 is 2.84 bits per heavy atom. The van der Waals surface area contributed by atoms with Crippen molar-refractivity contribution in [1.29, 1.82) is 0 Å². The number of anilines is 1. The maximum atomic E-state index is 5.95. The zero-order chi connectivity index (χ0) is 14.0. The Balaban J connectivity index is 2.26. The number of hydrogen-bond acceptors (Lipinski definition) is 3. The van der Waals surface area contributed by atoms with E-state index in [1.165, 1.54) is 5.69 Å². The molecule has 0 bridgehead atoms. The first-order valence-corrected chi connectivity index (χ1v) is 7.75. The highest BCUT2D eigenvalue weighted by Crippen LogP contribution is 2.30. The number of ether oxygens (including phenoxy) is 1. The molecule has 106 valence electrons. The minimum Gasteiger partial charge on any atom is -0.375 e. The van der Waals surface area contributed by atoms with Crippen molar-refractivity contribution >= 4 is 21.6 Å². The van der Waals surface area contributed by atoms with Crippen LogP contribution in [-0.2, 0) is 4.74 Å². The molecule has 1 aliphatic heterocycles. The van der Waals surface area contributed by atoms with Crippen LogP contribution in [0.3, 0.4) is 0 Å². The zero-order valence-electron chi connectivity index (χ0n) is 11.9. The lowest BCUT2D eigenvalue weighted by Crippen LogP contribution is -2.48. The standard InChI is InChI=1S/C15H23BrN2O/c1-4-12-9-19-10(2)8-18(12)13-5-6-14(11(3)17)15(16)7-13/h5-7,10-12H,4,8-9,17H2,1-3H3. The van der Waals surface area contributed by atoms with Crippen LogP contribution in [0.2, 0.25) is 0 Å². The molecule has 1 aromatic carbocycles. The Kier molecular flexibility index (Phi) is 4.87. The van der Waals surface area contributed by atoms with Crippen LogP contribution in [-0.4, -0.2) is 25.3 Å². The number of rotatable bonds is 3. The van der Waals surface area contributed by atoms with Crippen LogP contribution in [0.1, 0.15) is 38.8 Å². The highest BCUT2D eigenvalue weighted by molar-refractivity contribution is 9.10. The molecular weight excluding hydrogens is 304 g/mol. The van der Waals surface area contributed by atoms with Gasteiger partial charge in [-0.15, -0.1) is 0 Å². The van der Waals surface area contributed by atoms with Gasteiger partial charge in [-0.3, -0.25) is 0 Å². The Labute approximate surface area is 124 Å². The maximum absolute atomic E-state index is 5.95. The van der Waals surface area contributed by atoms with E-state index in [0.717, 1.165) is 29.6 Å². The van der Waals surface area contributed by atoms with Crippen LogP contribution in [0, 0.1) is 0 Å². The minimum absolute atomic E-state index is 0.0500. The Bertz CT molecular complexity index is 436. The average molecular weight is 327 g/mol. The Morgan fingerprint density at radius 2 is 2.26 bits per heavy atom. The highest BCUT2D eigenvalue weighted by atomic mass is 79.9.